The Kier molecular flexibility index (Phi) is 6.69. The number of hydrazine groups is 1. The van der Waals surface area contributed by atoms with Gasteiger partial charge in [-0.2, -0.15) is 5.01 Å². The van der Waals surface area contributed by atoms with Crippen molar-refractivity contribution in [3.05, 3.63) is 71.5 Å². The van der Waals surface area contributed by atoms with Gasteiger partial charge in [0, 0.05) is 5.69 Å². The molecule has 1 atom stereocenters. The molecule has 1 saturated heterocycles. The Labute approximate surface area is 201 Å². The fraction of sp³-hybridized carbons (Fsp3) is 0.292. The first-order chi connectivity index (χ1) is 16.3. The second-order valence-electron chi connectivity index (χ2n) is 8.42. The first-order valence-corrected chi connectivity index (χ1v) is 11.9. The molecule has 10 heteroatoms. The van der Waals surface area contributed by atoms with Crippen molar-refractivity contribution in [1.82, 2.24) is 30.5 Å². The van der Waals surface area contributed by atoms with Gasteiger partial charge in [-0.15, -0.1) is 10.2 Å². The van der Waals surface area contributed by atoms with Gasteiger partial charge in [0.2, 0.25) is 5.91 Å². The third kappa shape index (κ3) is 4.96. The molecule has 0 radical (unpaired) electrons. The zero-order chi connectivity index (χ0) is 24.3. The van der Waals surface area contributed by atoms with E-state index >= 15 is 0 Å². The summed E-state index contributed by atoms with van der Waals surface area (Å²) >= 11 is 1.18. The van der Waals surface area contributed by atoms with Crippen LogP contribution in [0.3, 0.4) is 0 Å². The van der Waals surface area contributed by atoms with Gasteiger partial charge in [0.25, 0.3) is 5.91 Å². The van der Waals surface area contributed by atoms with Crippen LogP contribution in [0.25, 0.3) is 5.69 Å². The number of thioether (sulfide) groups is 1. The zero-order valence-electron chi connectivity index (χ0n) is 19.2. The molecular formula is C24H26N6O3S. The van der Waals surface area contributed by atoms with Crippen LogP contribution in [0.1, 0.15) is 30.3 Å². The number of hydrogen-bond acceptors (Lipinski definition) is 6. The molecule has 34 heavy (non-hydrogen) atoms. The summed E-state index contributed by atoms with van der Waals surface area (Å²) in [7, 11) is 0. The first kappa shape index (κ1) is 23.5. The number of carbonyl (C=O) groups excluding carboxylic acids is 3. The summed E-state index contributed by atoms with van der Waals surface area (Å²) < 4.78 is 1.86. The van der Waals surface area contributed by atoms with Crippen molar-refractivity contribution >= 4 is 29.6 Å². The highest BCUT2D eigenvalue weighted by atomic mass is 32.2. The van der Waals surface area contributed by atoms with Crippen LogP contribution in [-0.4, -0.2) is 48.9 Å². The van der Waals surface area contributed by atoms with Crippen LogP contribution in [0.5, 0.6) is 0 Å². The fourth-order valence-corrected chi connectivity index (χ4v) is 4.57. The van der Waals surface area contributed by atoms with Gasteiger partial charge >= 0.3 is 6.03 Å². The number of rotatable bonds is 8. The van der Waals surface area contributed by atoms with Crippen molar-refractivity contribution in [2.45, 2.75) is 44.3 Å². The number of imide groups is 1. The van der Waals surface area contributed by atoms with E-state index in [1.807, 2.05) is 73.0 Å². The van der Waals surface area contributed by atoms with Gasteiger partial charge in [-0.25, -0.2) is 4.79 Å². The summed E-state index contributed by atoms with van der Waals surface area (Å²) in [4.78, 5) is 38.0. The molecular weight excluding hydrogens is 452 g/mol. The molecule has 1 aromatic heterocycles. The van der Waals surface area contributed by atoms with Crippen molar-refractivity contribution in [2.24, 2.45) is 0 Å². The van der Waals surface area contributed by atoms with Crippen LogP contribution in [0, 0.1) is 13.8 Å². The van der Waals surface area contributed by atoms with E-state index in [0.29, 0.717) is 23.8 Å². The summed E-state index contributed by atoms with van der Waals surface area (Å²) in [6, 6.07) is 17.0. The molecule has 9 nitrogen and oxygen atoms in total. The van der Waals surface area contributed by atoms with Gasteiger partial charge < -0.3 is 5.32 Å². The van der Waals surface area contributed by atoms with Crippen molar-refractivity contribution in [1.29, 1.82) is 0 Å². The van der Waals surface area contributed by atoms with Crippen LogP contribution in [0.15, 0.2) is 59.8 Å². The molecule has 0 bridgehead atoms. The minimum absolute atomic E-state index is 0.0399. The van der Waals surface area contributed by atoms with Crippen LogP contribution in [0.4, 0.5) is 4.79 Å². The summed E-state index contributed by atoms with van der Waals surface area (Å²) in [6.45, 7) is 5.50. The number of benzene rings is 2. The quantitative estimate of drug-likeness (QED) is 0.381. The maximum absolute atomic E-state index is 12.9. The van der Waals surface area contributed by atoms with Crippen molar-refractivity contribution < 1.29 is 14.4 Å². The SMILES string of the molecule is Cc1cccc(-n2c(C)nnc2SCC(=O)NN2C(=O)NC(C)(CCc3ccccc3)C2=O)c1. The van der Waals surface area contributed by atoms with Gasteiger partial charge in [-0.1, -0.05) is 54.2 Å². The molecule has 0 saturated carbocycles. The smallest absolute Gasteiger partial charge is 0.322 e. The number of carbonyl (C=O) groups is 3. The van der Waals surface area contributed by atoms with E-state index in [1.165, 1.54) is 11.8 Å². The molecule has 0 spiro atoms. The largest absolute Gasteiger partial charge is 0.344 e. The van der Waals surface area contributed by atoms with Crippen LogP contribution < -0.4 is 10.7 Å². The summed E-state index contributed by atoms with van der Waals surface area (Å²) in [5.74, 6) is -0.318. The lowest BCUT2D eigenvalue weighted by molar-refractivity contribution is -0.138. The van der Waals surface area contributed by atoms with E-state index < -0.39 is 23.4 Å². The molecule has 4 rings (SSSR count). The van der Waals surface area contributed by atoms with Crippen LogP contribution >= 0.6 is 11.8 Å². The highest BCUT2D eigenvalue weighted by Gasteiger charge is 2.48. The monoisotopic (exact) mass is 478 g/mol. The molecule has 176 valence electrons. The third-order valence-corrected chi connectivity index (χ3v) is 6.57. The maximum Gasteiger partial charge on any atom is 0.344 e. The van der Waals surface area contributed by atoms with Crippen molar-refractivity contribution in [3.63, 3.8) is 0 Å². The number of aryl methyl sites for hydroxylation is 3. The van der Waals surface area contributed by atoms with E-state index in [0.717, 1.165) is 21.8 Å². The minimum atomic E-state index is -1.09. The highest BCUT2D eigenvalue weighted by molar-refractivity contribution is 7.99. The standard InChI is InChI=1S/C24H26N6O3S/c1-16-8-7-11-19(14-16)29-17(2)26-27-23(29)34-15-20(31)28-30-21(32)24(3,25-22(30)33)13-12-18-9-5-4-6-10-18/h4-11,14H,12-13,15H2,1-3H3,(H,25,33)(H,28,31). The van der Waals surface area contributed by atoms with Crippen molar-refractivity contribution in [3.8, 4) is 5.69 Å². The number of hydrogen-bond donors (Lipinski definition) is 2. The van der Waals surface area contributed by atoms with E-state index in [9.17, 15) is 14.4 Å². The average molecular weight is 479 g/mol. The molecule has 2 heterocycles. The number of amides is 4. The molecule has 2 N–H and O–H groups in total. The summed E-state index contributed by atoms with van der Waals surface area (Å²) in [5.41, 5.74) is 4.40. The lowest BCUT2D eigenvalue weighted by Crippen LogP contribution is -2.49. The van der Waals surface area contributed by atoms with E-state index in [2.05, 4.69) is 20.9 Å². The van der Waals surface area contributed by atoms with Crippen molar-refractivity contribution in [2.75, 3.05) is 5.75 Å². The summed E-state index contributed by atoms with van der Waals surface area (Å²) in [5, 5.41) is 12.3. The lowest BCUT2D eigenvalue weighted by Gasteiger charge is -2.21. The Hall–Kier alpha value is -3.66. The molecule has 1 unspecified atom stereocenters. The number of nitrogens with zero attached hydrogens (tertiary/aromatic N) is 4. The molecule has 3 aromatic rings. The number of aromatic nitrogens is 3. The van der Waals surface area contributed by atoms with Gasteiger partial charge in [-0.3, -0.25) is 19.6 Å². The molecule has 2 aromatic carbocycles. The van der Waals surface area contributed by atoms with Gasteiger partial charge in [0.05, 0.1) is 5.75 Å². The Morgan fingerprint density at radius 3 is 2.59 bits per heavy atom. The van der Waals surface area contributed by atoms with Gasteiger partial charge in [-0.05, 0) is 56.9 Å². The van der Waals surface area contributed by atoms with Gasteiger partial charge in [0.15, 0.2) is 5.16 Å². The van der Waals surface area contributed by atoms with Crippen LogP contribution in [0.2, 0.25) is 0 Å². The topological polar surface area (TPSA) is 109 Å². The predicted octanol–water partition coefficient (Wildman–Crippen LogP) is 2.95. The molecule has 0 aliphatic carbocycles. The Morgan fingerprint density at radius 1 is 1.09 bits per heavy atom. The normalized spacial score (nSPS) is 17.7. The fourth-order valence-electron chi connectivity index (χ4n) is 3.78. The van der Waals surface area contributed by atoms with E-state index in [4.69, 9.17) is 0 Å². The van der Waals surface area contributed by atoms with Crippen LogP contribution in [-0.2, 0) is 16.0 Å². The predicted molar refractivity (Wildman–Crippen MR) is 128 cm³/mol. The first-order valence-electron chi connectivity index (χ1n) is 10.9. The second-order valence-corrected chi connectivity index (χ2v) is 9.36. The molecule has 4 amide bonds. The zero-order valence-corrected chi connectivity index (χ0v) is 20.1. The third-order valence-electron chi connectivity index (χ3n) is 5.64. The lowest BCUT2D eigenvalue weighted by atomic mass is 9.93. The average Bonchev–Trinajstić information content (AvgIpc) is 3.29. The van der Waals surface area contributed by atoms with Gasteiger partial charge in [0.1, 0.15) is 11.4 Å². The number of urea groups is 1. The summed E-state index contributed by atoms with van der Waals surface area (Å²) in [6.07, 6.45) is 1.04. The molecule has 1 aliphatic rings. The Balaban J connectivity index is 1.37. The Bertz CT molecular complexity index is 1230. The number of nitrogens with one attached hydrogen (secondary N) is 2. The molecule has 1 fully saturated rings. The highest BCUT2D eigenvalue weighted by Crippen LogP contribution is 2.24. The van der Waals surface area contributed by atoms with E-state index in [-0.39, 0.29) is 5.75 Å². The Morgan fingerprint density at radius 2 is 1.85 bits per heavy atom. The molecule has 1 aliphatic heterocycles. The maximum atomic E-state index is 12.9. The van der Waals surface area contributed by atoms with E-state index in [1.54, 1.807) is 6.92 Å². The second kappa shape index (κ2) is 9.68. The minimum Gasteiger partial charge on any atom is -0.322 e.